The zero-order valence-corrected chi connectivity index (χ0v) is 14.0. The second kappa shape index (κ2) is 8.08. The second-order valence-corrected chi connectivity index (χ2v) is 5.85. The first-order chi connectivity index (χ1) is 10.3. The number of hydrogen-bond donors (Lipinski definition) is 0. The third-order valence-corrected chi connectivity index (χ3v) is 3.93. The molecule has 1 aliphatic carbocycles. The Labute approximate surface area is 132 Å². The van der Waals surface area contributed by atoms with Gasteiger partial charge in [0.25, 0.3) is 0 Å². The lowest BCUT2D eigenvalue weighted by atomic mass is 9.72. The maximum atomic E-state index is 12.6. The summed E-state index contributed by atoms with van der Waals surface area (Å²) in [6.07, 6.45) is 2.19. The van der Waals surface area contributed by atoms with Crippen LogP contribution in [-0.2, 0) is 19.1 Å². The summed E-state index contributed by atoms with van der Waals surface area (Å²) in [5, 5.41) is 0. The summed E-state index contributed by atoms with van der Waals surface area (Å²) in [5.74, 6) is -0.776. The maximum Gasteiger partial charge on any atom is 0.332 e. The smallest absolute Gasteiger partial charge is 0.332 e. The van der Waals surface area contributed by atoms with Crippen molar-refractivity contribution in [3.05, 3.63) is 36.0 Å². The maximum absolute atomic E-state index is 12.6. The van der Waals surface area contributed by atoms with Crippen LogP contribution in [0, 0.1) is 11.8 Å². The largest absolute Gasteiger partial charge is 0.464 e. The van der Waals surface area contributed by atoms with Crippen LogP contribution in [0.25, 0.3) is 0 Å². The molecule has 0 aromatic rings. The van der Waals surface area contributed by atoms with Gasteiger partial charge in [-0.1, -0.05) is 30.4 Å². The molecular formula is C18H26O4. The van der Waals surface area contributed by atoms with Crippen molar-refractivity contribution < 1.29 is 19.1 Å². The average Bonchev–Trinajstić information content (AvgIpc) is 2.43. The van der Waals surface area contributed by atoms with E-state index in [1.54, 1.807) is 6.92 Å². The number of allylic oxidation sites excluding steroid dienone is 3. The Bertz CT molecular complexity index is 501. The summed E-state index contributed by atoms with van der Waals surface area (Å²) in [6, 6.07) is 0. The van der Waals surface area contributed by atoms with Gasteiger partial charge in [0, 0.05) is 0 Å². The van der Waals surface area contributed by atoms with Crippen LogP contribution in [0.15, 0.2) is 36.0 Å². The summed E-state index contributed by atoms with van der Waals surface area (Å²) < 4.78 is 10.6. The molecule has 0 N–H and O–H groups in total. The normalized spacial score (nSPS) is 22.7. The third-order valence-electron chi connectivity index (χ3n) is 3.93. The van der Waals surface area contributed by atoms with Crippen molar-refractivity contribution in [3.8, 4) is 0 Å². The van der Waals surface area contributed by atoms with Crippen molar-refractivity contribution >= 4 is 11.8 Å². The molecule has 22 heavy (non-hydrogen) atoms. The van der Waals surface area contributed by atoms with Crippen LogP contribution in [0.2, 0.25) is 0 Å². The van der Waals surface area contributed by atoms with Crippen molar-refractivity contribution in [2.45, 2.75) is 40.2 Å². The highest BCUT2D eigenvalue weighted by molar-refractivity contribution is 5.98. The van der Waals surface area contributed by atoms with Crippen molar-refractivity contribution in [2.75, 3.05) is 13.2 Å². The lowest BCUT2D eigenvalue weighted by Gasteiger charge is -2.35. The molecule has 0 amide bonds. The molecular weight excluding hydrogens is 280 g/mol. The minimum absolute atomic E-state index is 0.0000885. The van der Waals surface area contributed by atoms with Gasteiger partial charge < -0.3 is 9.47 Å². The molecule has 0 aliphatic heterocycles. The van der Waals surface area contributed by atoms with Crippen LogP contribution in [-0.4, -0.2) is 31.1 Å². The zero-order valence-electron chi connectivity index (χ0n) is 14.0. The number of esters is 1. The summed E-state index contributed by atoms with van der Waals surface area (Å²) in [4.78, 5) is 24.1. The summed E-state index contributed by atoms with van der Waals surface area (Å²) in [5.41, 5.74) is 2.39. The highest BCUT2D eigenvalue weighted by Crippen LogP contribution is 2.36. The molecule has 0 bridgehead atoms. The summed E-state index contributed by atoms with van der Waals surface area (Å²) in [7, 11) is 0. The zero-order chi connectivity index (χ0) is 16.9. The first-order valence-electron chi connectivity index (χ1n) is 7.58. The Hall–Kier alpha value is -1.68. The number of ether oxygens (including phenoxy) is 2. The van der Waals surface area contributed by atoms with Gasteiger partial charge in [-0.05, 0) is 45.6 Å². The quantitative estimate of drug-likeness (QED) is 0.535. The molecule has 0 saturated heterocycles. The van der Waals surface area contributed by atoms with Gasteiger partial charge in [-0.15, -0.1) is 0 Å². The van der Waals surface area contributed by atoms with E-state index in [0.717, 1.165) is 23.1 Å². The minimum Gasteiger partial charge on any atom is -0.464 e. The number of hydrogen-bond acceptors (Lipinski definition) is 4. The van der Waals surface area contributed by atoms with Gasteiger partial charge in [0.2, 0.25) is 0 Å². The van der Waals surface area contributed by atoms with Crippen LogP contribution in [0.4, 0.5) is 0 Å². The van der Waals surface area contributed by atoms with Crippen molar-refractivity contribution in [2.24, 2.45) is 11.8 Å². The van der Waals surface area contributed by atoms with Gasteiger partial charge in [0.15, 0.2) is 5.78 Å². The van der Waals surface area contributed by atoms with E-state index in [-0.39, 0.29) is 24.2 Å². The molecule has 0 aromatic heterocycles. The van der Waals surface area contributed by atoms with E-state index < -0.39 is 12.1 Å². The predicted molar refractivity (Wildman–Crippen MR) is 86.4 cm³/mol. The third kappa shape index (κ3) is 4.41. The topological polar surface area (TPSA) is 52.6 Å². The first kappa shape index (κ1) is 18.4. The second-order valence-electron chi connectivity index (χ2n) is 5.85. The van der Waals surface area contributed by atoms with Gasteiger partial charge in [-0.2, -0.15) is 0 Å². The Morgan fingerprint density at radius 1 is 1.41 bits per heavy atom. The fourth-order valence-corrected chi connectivity index (χ4v) is 2.77. The molecule has 122 valence electrons. The average molecular weight is 306 g/mol. The number of Topliss-reactive ketones (excluding diaryl/α,β-unsaturated/α-hetero) is 1. The van der Waals surface area contributed by atoms with E-state index >= 15 is 0 Å². The Morgan fingerprint density at radius 3 is 2.55 bits per heavy atom. The Balaban J connectivity index is 2.98. The highest BCUT2D eigenvalue weighted by atomic mass is 16.6. The van der Waals surface area contributed by atoms with Gasteiger partial charge in [-0.25, -0.2) is 4.79 Å². The van der Waals surface area contributed by atoms with E-state index in [0.29, 0.717) is 6.61 Å². The van der Waals surface area contributed by atoms with E-state index in [4.69, 9.17) is 9.47 Å². The number of carbonyl (C=O) groups excluding carboxylic acids is 2. The molecule has 0 unspecified atom stereocenters. The van der Waals surface area contributed by atoms with E-state index in [1.807, 2.05) is 26.8 Å². The lowest BCUT2D eigenvalue weighted by Crippen LogP contribution is -2.40. The minimum atomic E-state index is -0.512. The molecule has 1 aliphatic rings. The highest BCUT2D eigenvalue weighted by Gasteiger charge is 2.39. The molecule has 0 spiro atoms. The van der Waals surface area contributed by atoms with Crippen molar-refractivity contribution in [3.63, 3.8) is 0 Å². The predicted octanol–water partition coefficient (Wildman–Crippen LogP) is 3.24. The molecule has 0 fully saturated rings. The Kier molecular flexibility index (Phi) is 6.75. The van der Waals surface area contributed by atoms with Gasteiger partial charge >= 0.3 is 5.97 Å². The molecule has 4 heteroatoms. The van der Waals surface area contributed by atoms with Crippen molar-refractivity contribution in [1.82, 2.24) is 0 Å². The molecule has 3 atom stereocenters. The molecule has 0 radical (unpaired) electrons. The SMILES string of the molecule is C=C(C)[C@H]1CC=C(C)C(=O)[C@@H]1[C@@H](OCC(=O)OCC)C(=C)C. The van der Waals surface area contributed by atoms with Crippen molar-refractivity contribution in [1.29, 1.82) is 0 Å². The van der Waals surface area contributed by atoms with Crippen LogP contribution in [0.1, 0.15) is 34.1 Å². The Morgan fingerprint density at radius 2 is 2.05 bits per heavy atom. The van der Waals surface area contributed by atoms with E-state index in [1.165, 1.54) is 0 Å². The molecule has 4 nitrogen and oxygen atoms in total. The van der Waals surface area contributed by atoms with Gasteiger partial charge in [0.05, 0.1) is 18.6 Å². The van der Waals surface area contributed by atoms with Crippen LogP contribution < -0.4 is 0 Å². The molecule has 0 aromatic carbocycles. The summed E-state index contributed by atoms with van der Waals surface area (Å²) >= 11 is 0. The fourth-order valence-electron chi connectivity index (χ4n) is 2.77. The molecule has 0 saturated carbocycles. The van der Waals surface area contributed by atoms with Crippen LogP contribution in [0.3, 0.4) is 0 Å². The standard InChI is InChI=1S/C18H26O4/c1-7-21-15(19)10-22-18(12(4)5)16-14(11(2)3)9-8-13(6)17(16)20/h8,14,16,18H,2,4,7,9-10H2,1,3,5-6H3/t14-,16-,18+/m1/s1. The van der Waals surface area contributed by atoms with Crippen LogP contribution in [0.5, 0.6) is 0 Å². The van der Waals surface area contributed by atoms with E-state index in [9.17, 15) is 9.59 Å². The van der Waals surface area contributed by atoms with Gasteiger partial charge in [0.1, 0.15) is 6.61 Å². The first-order valence-corrected chi connectivity index (χ1v) is 7.58. The lowest BCUT2D eigenvalue weighted by molar-refractivity contribution is -0.152. The van der Waals surface area contributed by atoms with Crippen LogP contribution >= 0.6 is 0 Å². The number of rotatable bonds is 7. The number of carbonyl (C=O) groups is 2. The monoisotopic (exact) mass is 306 g/mol. The van der Waals surface area contributed by atoms with Gasteiger partial charge in [-0.3, -0.25) is 4.79 Å². The number of ketones is 1. The molecule has 0 heterocycles. The fraction of sp³-hybridized carbons (Fsp3) is 0.556. The summed E-state index contributed by atoms with van der Waals surface area (Å²) in [6.45, 7) is 15.3. The molecule has 1 rings (SSSR count). The van der Waals surface area contributed by atoms with E-state index in [2.05, 4.69) is 13.2 Å².